The number of pyridine rings is 1. The highest BCUT2D eigenvalue weighted by molar-refractivity contribution is 5.66. The predicted octanol–water partition coefficient (Wildman–Crippen LogP) is 4.77. The third-order valence-corrected chi connectivity index (χ3v) is 7.34. The van der Waals surface area contributed by atoms with Crippen LogP contribution < -0.4 is 4.74 Å². The first-order chi connectivity index (χ1) is 15.1. The number of carboxylic acid groups (broad SMARTS) is 1. The van der Waals surface area contributed by atoms with E-state index in [4.69, 9.17) is 9.84 Å². The van der Waals surface area contributed by atoms with Crippen molar-refractivity contribution in [2.45, 2.75) is 50.9 Å². The van der Waals surface area contributed by atoms with Gasteiger partial charge in [-0.2, -0.15) is 0 Å². The minimum atomic E-state index is -0.707. The first-order valence-electron chi connectivity index (χ1n) is 11.5. The monoisotopic (exact) mass is 422 g/mol. The number of carbonyl (C=O) groups is 1. The van der Waals surface area contributed by atoms with E-state index in [-0.39, 0.29) is 11.8 Å². The summed E-state index contributed by atoms with van der Waals surface area (Å²) in [6, 6.07) is 15.0. The maximum atomic E-state index is 11.0. The largest absolute Gasteiger partial charge is 0.481 e. The molecule has 2 fully saturated rings. The van der Waals surface area contributed by atoms with E-state index in [0.29, 0.717) is 12.4 Å². The van der Waals surface area contributed by atoms with Crippen molar-refractivity contribution in [2.24, 2.45) is 11.3 Å². The van der Waals surface area contributed by atoms with E-state index in [2.05, 4.69) is 46.3 Å². The van der Waals surface area contributed by atoms with Gasteiger partial charge in [-0.15, -0.1) is 0 Å². The summed E-state index contributed by atoms with van der Waals surface area (Å²) in [4.78, 5) is 17.7. The van der Waals surface area contributed by atoms with Gasteiger partial charge < -0.3 is 14.7 Å². The van der Waals surface area contributed by atoms with E-state index >= 15 is 0 Å². The molecule has 1 aromatic carbocycles. The van der Waals surface area contributed by atoms with Gasteiger partial charge in [-0.3, -0.25) is 4.79 Å². The second-order valence-electron chi connectivity index (χ2n) is 9.42. The first-order valence-corrected chi connectivity index (χ1v) is 11.5. The average Bonchev–Trinajstić information content (AvgIpc) is 3.58. The zero-order valence-corrected chi connectivity index (χ0v) is 18.5. The summed E-state index contributed by atoms with van der Waals surface area (Å²) < 4.78 is 5.22. The van der Waals surface area contributed by atoms with Gasteiger partial charge in [-0.25, -0.2) is 4.98 Å². The fourth-order valence-electron chi connectivity index (χ4n) is 5.26. The number of ether oxygens (including phenoxy) is 1. The van der Waals surface area contributed by atoms with E-state index in [1.54, 1.807) is 7.11 Å². The number of benzene rings is 1. The van der Waals surface area contributed by atoms with Crippen molar-refractivity contribution in [1.29, 1.82) is 0 Å². The minimum Gasteiger partial charge on any atom is -0.481 e. The summed E-state index contributed by atoms with van der Waals surface area (Å²) in [7, 11) is 1.65. The maximum absolute atomic E-state index is 11.0. The van der Waals surface area contributed by atoms with Crippen molar-refractivity contribution in [3.63, 3.8) is 0 Å². The Balaban J connectivity index is 1.38. The predicted molar refractivity (Wildman–Crippen MR) is 121 cm³/mol. The summed E-state index contributed by atoms with van der Waals surface area (Å²) in [5, 5.41) is 9.01. The summed E-state index contributed by atoms with van der Waals surface area (Å²) in [6.07, 6.45) is 9.31. The fourth-order valence-corrected chi connectivity index (χ4v) is 5.26. The Kier molecular flexibility index (Phi) is 6.91. The molecule has 1 unspecified atom stereocenters. The van der Waals surface area contributed by atoms with Gasteiger partial charge in [0.1, 0.15) is 0 Å². The van der Waals surface area contributed by atoms with Crippen LogP contribution in [0.5, 0.6) is 5.88 Å². The van der Waals surface area contributed by atoms with Gasteiger partial charge in [0.05, 0.1) is 13.5 Å². The fraction of sp³-hybridized carbons (Fsp3) is 0.538. The molecule has 0 amide bonds. The maximum Gasteiger partial charge on any atom is 0.304 e. The molecule has 1 saturated heterocycles. The van der Waals surface area contributed by atoms with E-state index < -0.39 is 5.97 Å². The van der Waals surface area contributed by atoms with Gasteiger partial charge in [0.2, 0.25) is 5.88 Å². The number of hydrogen-bond acceptors (Lipinski definition) is 4. The molecule has 2 aromatic rings. The molecular weight excluding hydrogens is 388 g/mol. The number of methoxy groups -OCH3 is 1. The van der Waals surface area contributed by atoms with E-state index in [1.807, 2.05) is 12.3 Å². The van der Waals surface area contributed by atoms with Crippen LogP contribution in [0.3, 0.4) is 0 Å². The number of carboxylic acids is 1. The molecule has 5 heteroatoms. The lowest BCUT2D eigenvalue weighted by atomic mass is 9.70. The van der Waals surface area contributed by atoms with Gasteiger partial charge >= 0.3 is 5.97 Å². The van der Waals surface area contributed by atoms with Crippen LogP contribution in [-0.2, 0) is 11.2 Å². The number of hydrogen-bond donors (Lipinski definition) is 1. The highest BCUT2D eigenvalue weighted by atomic mass is 16.5. The highest BCUT2D eigenvalue weighted by Gasteiger charge is 2.41. The number of likely N-dealkylation sites (tertiary alicyclic amines) is 1. The van der Waals surface area contributed by atoms with Crippen LogP contribution in [0.2, 0.25) is 0 Å². The Morgan fingerprint density at radius 1 is 1.19 bits per heavy atom. The second kappa shape index (κ2) is 9.82. The third-order valence-electron chi connectivity index (χ3n) is 7.34. The SMILES string of the molecule is COc1ccc(CC2(CC[C@@H]3CC3c3ccccc3)CCN(CCC(=O)O)CC2)cn1. The van der Waals surface area contributed by atoms with E-state index in [1.165, 1.54) is 30.4 Å². The molecule has 31 heavy (non-hydrogen) atoms. The zero-order valence-electron chi connectivity index (χ0n) is 18.5. The Morgan fingerprint density at radius 3 is 2.61 bits per heavy atom. The van der Waals surface area contributed by atoms with Crippen molar-refractivity contribution < 1.29 is 14.6 Å². The van der Waals surface area contributed by atoms with Crippen molar-refractivity contribution in [3.05, 3.63) is 59.8 Å². The quantitative estimate of drug-likeness (QED) is 0.597. The van der Waals surface area contributed by atoms with E-state index in [9.17, 15) is 4.79 Å². The lowest BCUT2D eigenvalue weighted by molar-refractivity contribution is -0.137. The second-order valence-corrected chi connectivity index (χ2v) is 9.42. The molecule has 1 N–H and O–H groups in total. The summed E-state index contributed by atoms with van der Waals surface area (Å²) >= 11 is 0. The molecule has 5 nitrogen and oxygen atoms in total. The molecule has 4 rings (SSSR count). The number of piperidine rings is 1. The van der Waals surface area contributed by atoms with Crippen molar-refractivity contribution in [3.8, 4) is 5.88 Å². The number of nitrogens with zero attached hydrogens (tertiary/aromatic N) is 2. The lowest BCUT2D eigenvalue weighted by Gasteiger charge is -2.42. The Labute approximate surface area is 185 Å². The molecular formula is C26H34N2O3. The highest BCUT2D eigenvalue weighted by Crippen LogP contribution is 2.52. The molecule has 0 radical (unpaired) electrons. The van der Waals surface area contributed by atoms with Gasteiger partial charge in [0, 0.05) is 18.8 Å². The van der Waals surface area contributed by atoms with Gasteiger partial charge in [-0.1, -0.05) is 36.4 Å². The normalized spacial score (nSPS) is 22.7. The molecule has 1 aliphatic heterocycles. The molecule has 2 atom stereocenters. The summed E-state index contributed by atoms with van der Waals surface area (Å²) in [5.41, 5.74) is 3.04. The van der Waals surface area contributed by atoms with Crippen LogP contribution in [0.4, 0.5) is 0 Å². The van der Waals surface area contributed by atoms with Crippen LogP contribution >= 0.6 is 0 Å². The van der Waals surface area contributed by atoms with Crippen molar-refractivity contribution >= 4 is 5.97 Å². The van der Waals surface area contributed by atoms with Crippen LogP contribution in [0, 0.1) is 11.3 Å². The summed E-state index contributed by atoms with van der Waals surface area (Å²) in [6.45, 7) is 2.64. The molecule has 1 saturated carbocycles. The summed E-state index contributed by atoms with van der Waals surface area (Å²) in [5.74, 6) is 1.49. The van der Waals surface area contributed by atoms with Gasteiger partial charge in [0.15, 0.2) is 0 Å². The van der Waals surface area contributed by atoms with Crippen LogP contribution in [-0.4, -0.2) is 47.7 Å². The average molecular weight is 423 g/mol. The molecule has 0 bridgehead atoms. The Morgan fingerprint density at radius 2 is 1.97 bits per heavy atom. The molecule has 2 heterocycles. The molecule has 1 aliphatic carbocycles. The van der Waals surface area contributed by atoms with Gasteiger partial charge in [0.25, 0.3) is 0 Å². The van der Waals surface area contributed by atoms with Crippen LogP contribution in [0.15, 0.2) is 48.7 Å². The van der Waals surface area contributed by atoms with Crippen molar-refractivity contribution in [2.75, 3.05) is 26.7 Å². The molecule has 2 aliphatic rings. The molecule has 1 aromatic heterocycles. The van der Waals surface area contributed by atoms with E-state index in [0.717, 1.165) is 44.2 Å². The standard InChI is InChI=1S/C26H34N2O3/c1-31-24-8-7-20(19-27-24)18-26(12-15-28(16-13-26)14-10-25(29)30)11-9-22-17-23(22)21-5-3-2-4-6-21/h2-8,19,22-23H,9-18H2,1H3,(H,29,30)/t22-,23?/m1/s1. The molecule has 0 spiro atoms. The third kappa shape index (κ3) is 5.85. The number of rotatable bonds is 10. The topological polar surface area (TPSA) is 62.7 Å². The van der Waals surface area contributed by atoms with Gasteiger partial charge in [-0.05, 0) is 80.0 Å². The Hall–Kier alpha value is -2.40. The minimum absolute atomic E-state index is 0.232. The number of aromatic nitrogens is 1. The molecule has 166 valence electrons. The first kappa shape index (κ1) is 21.8. The Bertz CT molecular complexity index is 845. The lowest BCUT2D eigenvalue weighted by Crippen LogP contribution is -2.42. The van der Waals surface area contributed by atoms with Crippen molar-refractivity contribution in [1.82, 2.24) is 9.88 Å². The zero-order chi connectivity index (χ0) is 21.7. The number of aliphatic carboxylic acids is 1. The van der Waals surface area contributed by atoms with Crippen LogP contribution in [0.25, 0.3) is 0 Å². The van der Waals surface area contributed by atoms with Crippen LogP contribution in [0.1, 0.15) is 55.6 Å². The smallest absolute Gasteiger partial charge is 0.304 e.